The predicted molar refractivity (Wildman–Crippen MR) is 54.3 cm³/mol. The third-order valence-electron chi connectivity index (χ3n) is 1.51. The molecular formula is C8H18N4O2. The van der Waals surface area contributed by atoms with Crippen LogP contribution >= 0.6 is 0 Å². The topological polar surface area (TPSA) is 117 Å². The van der Waals surface area contributed by atoms with Gasteiger partial charge >= 0.3 is 5.97 Å². The zero-order valence-electron chi connectivity index (χ0n) is 8.40. The van der Waals surface area contributed by atoms with Crippen LogP contribution in [0.4, 0.5) is 0 Å². The number of unbranched alkanes of at least 4 members (excludes halogenated alkanes) is 1. The van der Waals surface area contributed by atoms with Gasteiger partial charge in [-0.15, -0.1) is 0 Å². The number of aliphatic imine (C=N–C) groups is 1. The quantitative estimate of drug-likeness (QED) is 0.173. The fourth-order valence-corrected chi connectivity index (χ4v) is 0.938. The Hall–Kier alpha value is -1.30. The van der Waals surface area contributed by atoms with Crippen molar-refractivity contribution in [3.05, 3.63) is 0 Å². The number of esters is 1. The minimum atomic E-state index is -0.522. The molecule has 0 bridgehead atoms. The summed E-state index contributed by atoms with van der Waals surface area (Å²) in [5.41, 5.74) is 15.8. The zero-order valence-corrected chi connectivity index (χ0v) is 8.40. The van der Waals surface area contributed by atoms with Gasteiger partial charge in [0.25, 0.3) is 0 Å². The third-order valence-corrected chi connectivity index (χ3v) is 1.51. The number of nitrogens with two attached hydrogens (primary N) is 3. The number of hydrogen-bond donors (Lipinski definition) is 3. The van der Waals surface area contributed by atoms with E-state index >= 15 is 0 Å². The molecule has 6 nitrogen and oxygen atoms in total. The van der Waals surface area contributed by atoms with E-state index in [1.165, 1.54) is 6.92 Å². The normalized spacial score (nSPS) is 11.9. The Morgan fingerprint density at radius 2 is 2.07 bits per heavy atom. The summed E-state index contributed by atoms with van der Waals surface area (Å²) in [6.07, 6.45) is 1.75. The fraction of sp³-hybridized carbons (Fsp3) is 0.750. The Morgan fingerprint density at radius 3 is 2.57 bits per heavy atom. The molecular weight excluding hydrogens is 184 g/mol. The molecule has 6 N–H and O–H groups in total. The molecule has 0 aromatic carbocycles. The molecule has 0 unspecified atom stereocenters. The first-order chi connectivity index (χ1) is 6.52. The van der Waals surface area contributed by atoms with Crippen molar-refractivity contribution < 1.29 is 9.53 Å². The van der Waals surface area contributed by atoms with E-state index in [0.29, 0.717) is 13.0 Å². The highest BCUT2D eigenvalue weighted by atomic mass is 16.5. The Balaban J connectivity index is 3.36. The lowest BCUT2D eigenvalue weighted by Crippen LogP contribution is -2.26. The number of carbonyl (C=O) groups excluding carboxylic acids is 1. The highest BCUT2D eigenvalue weighted by Gasteiger charge is 2.04. The van der Waals surface area contributed by atoms with Crippen molar-refractivity contribution in [2.24, 2.45) is 22.2 Å². The average molecular weight is 202 g/mol. The van der Waals surface area contributed by atoms with Crippen molar-refractivity contribution in [3.63, 3.8) is 0 Å². The van der Waals surface area contributed by atoms with Crippen molar-refractivity contribution in [3.8, 4) is 0 Å². The number of hydrogen-bond acceptors (Lipinski definition) is 4. The predicted octanol–water partition coefficient (Wildman–Crippen LogP) is -0.722. The lowest BCUT2D eigenvalue weighted by molar-refractivity contribution is -0.146. The summed E-state index contributed by atoms with van der Waals surface area (Å²) in [6, 6.07) is 0. The van der Waals surface area contributed by atoms with Crippen LogP contribution in [-0.2, 0) is 9.53 Å². The molecule has 0 fully saturated rings. The lowest BCUT2D eigenvalue weighted by Gasteiger charge is -2.10. The standard InChI is InChI=1S/C8H18N4O2/c1-6(13)14-7(9)4-2-3-5-12-8(10)11/h7H,2-5,9H2,1H3,(H4,10,11,12)/t7-/m1/s1. The molecule has 0 aromatic heterocycles. The number of guanidine groups is 1. The van der Waals surface area contributed by atoms with E-state index in [4.69, 9.17) is 21.9 Å². The SMILES string of the molecule is CC(=O)O[C@@H](N)CCCCN=C(N)N. The van der Waals surface area contributed by atoms with Gasteiger partial charge in [0.15, 0.2) is 12.2 Å². The van der Waals surface area contributed by atoms with Crippen LogP contribution < -0.4 is 17.2 Å². The van der Waals surface area contributed by atoms with Crippen LogP contribution in [0, 0.1) is 0 Å². The van der Waals surface area contributed by atoms with Gasteiger partial charge in [-0.2, -0.15) is 0 Å². The molecule has 14 heavy (non-hydrogen) atoms. The molecule has 0 heterocycles. The lowest BCUT2D eigenvalue weighted by atomic mass is 10.2. The van der Waals surface area contributed by atoms with Gasteiger partial charge in [-0.05, 0) is 19.3 Å². The van der Waals surface area contributed by atoms with Crippen LogP contribution in [0.2, 0.25) is 0 Å². The van der Waals surface area contributed by atoms with Gasteiger partial charge in [0.1, 0.15) is 0 Å². The molecule has 0 amide bonds. The largest absolute Gasteiger partial charge is 0.447 e. The first-order valence-electron chi connectivity index (χ1n) is 4.50. The van der Waals surface area contributed by atoms with Gasteiger partial charge in [-0.25, -0.2) is 0 Å². The van der Waals surface area contributed by atoms with E-state index in [-0.39, 0.29) is 11.9 Å². The van der Waals surface area contributed by atoms with Crippen LogP contribution in [0.25, 0.3) is 0 Å². The van der Waals surface area contributed by atoms with E-state index in [0.717, 1.165) is 12.8 Å². The molecule has 0 saturated carbocycles. The Bertz CT molecular complexity index is 202. The molecule has 0 aliphatic carbocycles. The number of ether oxygens (including phenoxy) is 1. The summed E-state index contributed by atoms with van der Waals surface area (Å²) in [5.74, 6) is -0.268. The highest BCUT2D eigenvalue weighted by Crippen LogP contribution is 2.00. The van der Waals surface area contributed by atoms with Crippen molar-refractivity contribution in [1.29, 1.82) is 0 Å². The second kappa shape index (κ2) is 7.14. The molecule has 0 rings (SSSR count). The number of carbonyl (C=O) groups is 1. The second-order valence-corrected chi connectivity index (χ2v) is 2.95. The molecule has 6 heteroatoms. The second-order valence-electron chi connectivity index (χ2n) is 2.95. The maximum atomic E-state index is 10.5. The summed E-state index contributed by atoms with van der Waals surface area (Å²) < 4.78 is 4.73. The summed E-state index contributed by atoms with van der Waals surface area (Å²) in [5, 5.41) is 0. The Morgan fingerprint density at radius 1 is 1.43 bits per heavy atom. The van der Waals surface area contributed by atoms with Gasteiger partial charge in [-0.3, -0.25) is 15.5 Å². The molecule has 0 aliphatic heterocycles. The molecule has 0 spiro atoms. The van der Waals surface area contributed by atoms with E-state index in [9.17, 15) is 4.79 Å². The van der Waals surface area contributed by atoms with Gasteiger partial charge in [0, 0.05) is 13.5 Å². The smallest absolute Gasteiger partial charge is 0.304 e. The molecule has 1 atom stereocenters. The third kappa shape index (κ3) is 8.79. The molecule has 0 aliphatic rings. The van der Waals surface area contributed by atoms with Gasteiger partial charge < -0.3 is 16.2 Å². The first kappa shape index (κ1) is 12.7. The van der Waals surface area contributed by atoms with E-state index in [1.54, 1.807) is 0 Å². The van der Waals surface area contributed by atoms with Crippen LogP contribution in [0.15, 0.2) is 4.99 Å². The molecule has 0 radical (unpaired) electrons. The van der Waals surface area contributed by atoms with Crippen molar-refractivity contribution in [2.75, 3.05) is 6.54 Å². The zero-order chi connectivity index (χ0) is 11.0. The Labute approximate surface area is 83.5 Å². The maximum absolute atomic E-state index is 10.5. The summed E-state index contributed by atoms with van der Waals surface area (Å²) in [7, 11) is 0. The van der Waals surface area contributed by atoms with Crippen molar-refractivity contribution in [2.45, 2.75) is 32.4 Å². The van der Waals surface area contributed by atoms with Gasteiger partial charge in [0.2, 0.25) is 0 Å². The highest BCUT2D eigenvalue weighted by molar-refractivity contribution is 5.75. The average Bonchev–Trinajstić information content (AvgIpc) is 2.01. The van der Waals surface area contributed by atoms with E-state index in [2.05, 4.69) is 4.99 Å². The van der Waals surface area contributed by atoms with Gasteiger partial charge in [-0.1, -0.05) is 0 Å². The fourth-order valence-electron chi connectivity index (χ4n) is 0.938. The number of nitrogens with zero attached hydrogens (tertiary/aromatic N) is 1. The Kier molecular flexibility index (Phi) is 6.47. The monoisotopic (exact) mass is 202 g/mol. The first-order valence-corrected chi connectivity index (χ1v) is 4.50. The summed E-state index contributed by atoms with van der Waals surface area (Å²) in [4.78, 5) is 14.3. The van der Waals surface area contributed by atoms with Crippen LogP contribution in [0.5, 0.6) is 0 Å². The van der Waals surface area contributed by atoms with Crippen LogP contribution in [0.3, 0.4) is 0 Å². The van der Waals surface area contributed by atoms with Crippen LogP contribution in [-0.4, -0.2) is 24.7 Å². The van der Waals surface area contributed by atoms with Crippen LogP contribution in [0.1, 0.15) is 26.2 Å². The van der Waals surface area contributed by atoms with Crippen molar-refractivity contribution in [1.82, 2.24) is 0 Å². The number of rotatable bonds is 6. The summed E-state index contributed by atoms with van der Waals surface area (Å²) >= 11 is 0. The molecule has 0 saturated heterocycles. The van der Waals surface area contributed by atoms with Gasteiger partial charge in [0.05, 0.1) is 0 Å². The van der Waals surface area contributed by atoms with Crippen molar-refractivity contribution >= 4 is 11.9 Å². The molecule has 82 valence electrons. The minimum absolute atomic E-state index is 0.0919. The molecule has 0 aromatic rings. The van der Waals surface area contributed by atoms with E-state index in [1.807, 2.05) is 0 Å². The maximum Gasteiger partial charge on any atom is 0.304 e. The summed E-state index contributed by atoms with van der Waals surface area (Å²) in [6.45, 7) is 1.91. The van der Waals surface area contributed by atoms with E-state index < -0.39 is 6.23 Å². The minimum Gasteiger partial charge on any atom is -0.447 e.